The molecule has 82 heavy (non-hydrogen) atoms. The molecule has 1 amide bonds. The molecule has 484 valence electrons. The highest BCUT2D eigenvalue weighted by Crippen LogP contribution is 2.19. The molecule has 0 saturated heterocycles. The van der Waals surface area contributed by atoms with Gasteiger partial charge in [-0.1, -0.05) is 352 Å². The molecule has 0 saturated carbocycles. The van der Waals surface area contributed by atoms with Gasteiger partial charge in [0.1, 0.15) is 0 Å². The zero-order valence-electron chi connectivity index (χ0n) is 55.5. The maximum atomic E-state index is 12.6. The third-order valence-corrected chi connectivity index (χ3v) is 17.4. The van der Waals surface area contributed by atoms with Crippen molar-refractivity contribution in [3.63, 3.8) is 0 Å². The highest BCUT2D eigenvalue weighted by molar-refractivity contribution is 5.76. The Morgan fingerprint density at radius 1 is 0.341 bits per heavy atom. The number of carbonyl (C=O) groups is 2. The normalized spacial score (nSPS) is 12.7. The van der Waals surface area contributed by atoms with E-state index in [1.54, 1.807) is 0 Å². The zero-order chi connectivity index (χ0) is 59.2. The van der Waals surface area contributed by atoms with E-state index < -0.39 is 12.1 Å². The Balaban J connectivity index is 3.42. The summed E-state index contributed by atoms with van der Waals surface area (Å²) in [7, 11) is 0. The molecule has 0 heterocycles. The molecule has 0 radical (unpaired) electrons. The Hall–Kier alpha value is -1.92. The van der Waals surface area contributed by atoms with Crippen LogP contribution in [0.15, 0.2) is 36.5 Å². The molecule has 2 atom stereocenters. The summed E-state index contributed by atoms with van der Waals surface area (Å²) < 4.78 is 5.50. The number of ether oxygens (including phenoxy) is 1. The number of amides is 1. The molecular formula is C76H145NO5. The number of nitrogens with one attached hydrogen (secondary N) is 1. The van der Waals surface area contributed by atoms with Gasteiger partial charge in [0.25, 0.3) is 0 Å². The van der Waals surface area contributed by atoms with Gasteiger partial charge in [0.2, 0.25) is 5.91 Å². The first-order valence-electron chi connectivity index (χ1n) is 37.2. The van der Waals surface area contributed by atoms with Gasteiger partial charge in [-0.3, -0.25) is 9.59 Å². The summed E-state index contributed by atoms with van der Waals surface area (Å²) in [5, 5.41) is 23.4. The van der Waals surface area contributed by atoms with Crippen LogP contribution < -0.4 is 5.32 Å². The van der Waals surface area contributed by atoms with Crippen molar-refractivity contribution in [2.24, 2.45) is 0 Å². The van der Waals surface area contributed by atoms with Crippen molar-refractivity contribution in [1.29, 1.82) is 0 Å². The standard InChI is InChI=1S/C76H145NO5/c1-3-5-7-9-11-13-15-17-19-21-23-24-30-33-36-40-44-48-52-56-60-64-68-74(79)73(72-78)77-75(80)69-65-61-57-53-49-45-41-37-34-31-28-26-25-27-29-32-35-39-43-47-51-55-59-63-67-71-82-76(81)70-66-62-58-54-50-46-42-38-22-20-18-16-14-12-10-8-6-4-2/h20,22,26-29,73-74,78-79H,3-19,21,23-25,30-72H2,1-2H3,(H,77,80)/b22-20-,28-26-,29-27-. The number of esters is 1. The lowest BCUT2D eigenvalue weighted by atomic mass is 10.0. The van der Waals surface area contributed by atoms with Gasteiger partial charge >= 0.3 is 5.97 Å². The van der Waals surface area contributed by atoms with E-state index in [0.717, 1.165) is 51.4 Å². The van der Waals surface area contributed by atoms with Crippen molar-refractivity contribution in [1.82, 2.24) is 5.32 Å². The second kappa shape index (κ2) is 71.6. The van der Waals surface area contributed by atoms with Crippen LogP contribution in [-0.4, -0.2) is 47.4 Å². The minimum atomic E-state index is -0.670. The molecular weight excluding hydrogens is 1010 g/mol. The average molecular weight is 1150 g/mol. The van der Waals surface area contributed by atoms with Crippen LogP contribution in [0, 0.1) is 0 Å². The smallest absolute Gasteiger partial charge is 0.305 e. The summed E-state index contributed by atoms with van der Waals surface area (Å²) in [6, 6.07) is -0.548. The lowest BCUT2D eigenvalue weighted by Crippen LogP contribution is -2.45. The van der Waals surface area contributed by atoms with Crippen molar-refractivity contribution in [2.45, 2.75) is 424 Å². The highest BCUT2D eigenvalue weighted by Gasteiger charge is 2.20. The fourth-order valence-electron chi connectivity index (χ4n) is 11.7. The largest absolute Gasteiger partial charge is 0.466 e. The Morgan fingerprint density at radius 2 is 0.610 bits per heavy atom. The van der Waals surface area contributed by atoms with E-state index in [4.69, 9.17) is 4.74 Å². The van der Waals surface area contributed by atoms with Gasteiger partial charge in [0, 0.05) is 12.8 Å². The number of aliphatic hydroxyl groups excluding tert-OH is 2. The second-order valence-electron chi connectivity index (χ2n) is 25.6. The summed E-state index contributed by atoms with van der Waals surface area (Å²) in [6.45, 7) is 4.98. The highest BCUT2D eigenvalue weighted by atomic mass is 16.5. The third-order valence-electron chi connectivity index (χ3n) is 17.4. The molecule has 2 unspecified atom stereocenters. The summed E-state index contributed by atoms with van der Waals surface area (Å²) in [4.78, 5) is 24.7. The van der Waals surface area contributed by atoms with E-state index in [0.29, 0.717) is 25.9 Å². The zero-order valence-corrected chi connectivity index (χ0v) is 55.5. The maximum absolute atomic E-state index is 12.6. The number of hydrogen-bond donors (Lipinski definition) is 3. The molecule has 6 nitrogen and oxygen atoms in total. The van der Waals surface area contributed by atoms with Gasteiger partial charge in [0.05, 0.1) is 25.4 Å². The predicted molar refractivity (Wildman–Crippen MR) is 361 cm³/mol. The van der Waals surface area contributed by atoms with E-state index in [2.05, 4.69) is 55.6 Å². The molecule has 0 aromatic rings. The molecule has 0 rings (SSSR count). The van der Waals surface area contributed by atoms with Crippen molar-refractivity contribution in [3.8, 4) is 0 Å². The van der Waals surface area contributed by atoms with Crippen molar-refractivity contribution in [2.75, 3.05) is 13.2 Å². The number of carbonyl (C=O) groups excluding carboxylic acids is 2. The number of hydrogen-bond acceptors (Lipinski definition) is 5. The third kappa shape index (κ3) is 67.2. The lowest BCUT2D eigenvalue weighted by molar-refractivity contribution is -0.143. The van der Waals surface area contributed by atoms with Crippen molar-refractivity contribution < 1.29 is 24.5 Å². The maximum Gasteiger partial charge on any atom is 0.305 e. The first kappa shape index (κ1) is 80.1. The van der Waals surface area contributed by atoms with Crippen LogP contribution in [0.1, 0.15) is 412 Å². The van der Waals surface area contributed by atoms with Gasteiger partial charge in [-0.25, -0.2) is 0 Å². The summed E-state index contributed by atoms with van der Waals surface area (Å²) in [5.41, 5.74) is 0. The van der Waals surface area contributed by atoms with Crippen molar-refractivity contribution >= 4 is 11.9 Å². The van der Waals surface area contributed by atoms with Crippen LogP contribution >= 0.6 is 0 Å². The van der Waals surface area contributed by atoms with Crippen LogP contribution in [0.4, 0.5) is 0 Å². The molecule has 3 N–H and O–H groups in total. The van der Waals surface area contributed by atoms with Crippen LogP contribution in [0.2, 0.25) is 0 Å². The van der Waals surface area contributed by atoms with Gasteiger partial charge in [0.15, 0.2) is 0 Å². The predicted octanol–water partition coefficient (Wildman–Crippen LogP) is 24.3. The van der Waals surface area contributed by atoms with E-state index in [-0.39, 0.29) is 18.5 Å². The van der Waals surface area contributed by atoms with Gasteiger partial charge < -0.3 is 20.3 Å². The van der Waals surface area contributed by atoms with E-state index in [9.17, 15) is 19.8 Å². The summed E-state index contributed by atoms with van der Waals surface area (Å²) in [6.07, 6.45) is 92.0. The van der Waals surface area contributed by atoms with Gasteiger partial charge in [-0.2, -0.15) is 0 Å². The molecule has 0 fully saturated rings. The Morgan fingerprint density at radius 3 is 0.939 bits per heavy atom. The van der Waals surface area contributed by atoms with Crippen LogP contribution in [0.5, 0.6) is 0 Å². The Kier molecular flexibility index (Phi) is 69.9. The topological polar surface area (TPSA) is 95.9 Å². The fraction of sp³-hybridized carbons (Fsp3) is 0.895. The van der Waals surface area contributed by atoms with Crippen LogP contribution in [0.25, 0.3) is 0 Å². The first-order valence-corrected chi connectivity index (χ1v) is 37.2. The SMILES string of the molecule is CCCCCCCCC/C=C\CCCCCCCCCC(=O)OCCCCCCCCCCC/C=C\C/C=C\CCCCCCCCCCCC(=O)NC(CO)C(O)CCCCCCCCCCCCCCCCCCCCCCCC. The van der Waals surface area contributed by atoms with Crippen LogP contribution in [-0.2, 0) is 14.3 Å². The lowest BCUT2D eigenvalue weighted by Gasteiger charge is -2.22. The van der Waals surface area contributed by atoms with Gasteiger partial charge in [-0.15, -0.1) is 0 Å². The minimum Gasteiger partial charge on any atom is -0.466 e. The Bertz CT molecular complexity index is 1330. The van der Waals surface area contributed by atoms with E-state index in [1.165, 1.54) is 327 Å². The number of rotatable bonds is 70. The quantitative estimate of drug-likeness (QED) is 0.0320. The van der Waals surface area contributed by atoms with Gasteiger partial charge in [-0.05, 0) is 83.5 Å². The minimum absolute atomic E-state index is 0.00692. The Labute approximate surface area is 513 Å². The molecule has 6 heteroatoms. The van der Waals surface area contributed by atoms with E-state index in [1.807, 2.05) is 0 Å². The van der Waals surface area contributed by atoms with Crippen LogP contribution in [0.3, 0.4) is 0 Å². The summed E-state index contributed by atoms with van der Waals surface area (Å²) in [5.74, 6) is -0.0300. The van der Waals surface area contributed by atoms with Crippen molar-refractivity contribution in [3.05, 3.63) is 36.5 Å². The molecule has 0 aliphatic carbocycles. The number of aliphatic hydroxyl groups is 2. The number of allylic oxidation sites excluding steroid dienone is 6. The molecule has 0 spiro atoms. The fourth-order valence-corrected chi connectivity index (χ4v) is 11.7. The first-order chi connectivity index (χ1) is 40.5. The molecule has 0 aliphatic rings. The molecule has 0 aliphatic heterocycles. The average Bonchev–Trinajstić information content (AvgIpc) is 3.48. The molecule has 0 aromatic heterocycles. The molecule has 0 aromatic carbocycles. The summed E-state index contributed by atoms with van der Waals surface area (Å²) >= 11 is 0. The van der Waals surface area contributed by atoms with E-state index >= 15 is 0 Å². The second-order valence-corrected chi connectivity index (χ2v) is 25.6. The molecule has 0 bridgehead atoms. The monoisotopic (exact) mass is 1150 g/mol. The number of unbranched alkanes of at least 4 members (excludes halogenated alkanes) is 53.